The normalized spacial score (nSPS) is 13.9. The van der Waals surface area contributed by atoms with E-state index in [2.05, 4.69) is 22.1 Å². The van der Waals surface area contributed by atoms with Crippen LogP contribution in [-0.4, -0.2) is 32.7 Å². The number of hydrogen-bond acceptors (Lipinski definition) is 3. The van der Waals surface area contributed by atoms with Crippen molar-refractivity contribution in [1.29, 1.82) is 0 Å². The topological polar surface area (TPSA) is 96.3 Å². The molecular weight excluding hydrogens is 512 g/mol. The van der Waals surface area contributed by atoms with E-state index in [9.17, 15) is 14.7 Å². The van der Waals surface area contributed by atoms with Gasteiger partial charge in [0.05, 0.1) is 16.1 Å². The molecule has 5 rings (SSSR count). The van der Waals surface area contributed by atoms with E-state index in [-0.39, 0.29) is 17.6 Å². The van der Waals surface area contributed by atoms with Gasteiger partial charge in [0.25, 0.3) is 0 Å². The van der Waals surface area contributed by atoms with Crippen LogP contribution in [0.2, 0.25) is 5.02 Å². The molecule has 7 nitrogen and oxygen atoms in total. The number of aryl methyl sites for hydroxylation is 1. The highest BCUT2D eigenvalue weighted by Gasteiger charge is 2.18. The number of benzene rings is 3. The van der Waals surface area contributed by atoms with Gasteiger partial charge in [-0.1, -0.05) is 80.3 Å². The third kappa shape index (κ3) is 6.09. The fourth-order valence-electron chi connectivity index (χ4n) is 5.39. The summed E-state index contributed by atoms with van der Waals surface area (Å²) in [5, 5.41) is 16.1. The van der Waals surface area contributed by atoms with Crippen molar-refractivity contribution in [2.75, 3.05) is 5.32 Å². The summed E-state index contributed by atoms with van der Waals surface area (Å²) in [7, 11) is 0. The predicted molar refractivity (Wildman–Crippen MR) is 156 cm³/mol. The van der Waals surface area contributed by atoms with Crippen LogP contribution < -0.4 is 10.6 Å². The molecule has 0 spiro atoms. The van der Waals surface area contributed by atoms with E-state index in [1.165, 1.54) is 6.42 Å². The van der Waals surface area contributed by atoms with Crippen LogP contribution in [-0.2, 0) is 13.0 Å². The van der Waals surface area contributed by atoms with Gasteiger partial charge in [-0.15, -0.1) is 0 Å². The summed E-state index contributed by atoms with van der Waals surface area (Å²) in [4.78, 5) is 29.2. The second kappa shape index (κ2) is 11.9. The molecule has 0 atom stereocenters. The highest BCUT2D eigenvalue weighted by atomic mass is 35.5. The molecule has 3 aromatic carbocycles. The number of imidazole rings is 1. The smallest absolute Gasteiger partial charge is 0.336 e. The highest BCUT2D eigenvalue weighted by molar-refractivity contribution is 6.35. The van der Waals surface area contributed by atoms with E-state index in [4.69, 9.17) is 16.6 Å². The molecule has 0 saturated heterocycles. The minimum absolute atomic E-state index is 0.213. The molecule has 1 aliphatic carbocycles. The lowest BCUT2D eigenvalue weighted by Crippen LogP contribution is -2.39. The summed E-state index contributed by atoms with van der Waals surface area (Å²) in [6, 6.07) is 18.6. The van der Waals surface area contributed by atoms with Crippen LogP contribution in [0.4, 0.5) is 10.5 Å². The molecule has 3 N–H and O–H groups in total. The number of anilines is 1. The number of urea groups is 1. The summed E-state index contributed by atoms with van der Waals surface area (Å²) in [6.45, 7) is 2.68. The molecule has 2 amide bonds. The van der Waals surface area contributed by atoms with Crippen LogP contribution in [0, 0.1) is 0 Å². The van der Waals surface area contributed by atoms with Gasteiger partial charge >= 0.3 is 12.0 Å². The monoisotopic (exact) mass is 544 g/mol. The number of nitrogens with zero attached hydrogens (tertiary/aromatic N) is 2. The average molecular weight is 545 g/mol. The Morgan fingerprint density at radius 1 is 1.05 bits per heavy atom. The lowest BCUT2D eigenvalue weighted by molar-refractivity contribution is 0.0697. The molecule has 1 aromatic heterocycles. The van der Waals surface area contributed by atoms with Gasteiger partial charge in [0, 0.05) is 24.7 Å². The van der Waals surface area contributed by atoms with Crippen molar-refractivity contribution in [3.05, 3.63) is 82.6 Å². The van der Waals surface area contributed by atoms with E-state index < -0.39 is 5.97 Å². The third-order valence-electron chi connectivity index (χ3n) is 7.32. The molecule has 8 heteroatoms. The zero-order valence-electron chi connectivity index (χ0n) is 22.0. The van der Waals surface area contributed by atoms with Gasteiger partial charge in [0.1, 0.15) is 11.3 Å². The second-order valence-corrected chi connectivity index (χ2v) is 10.6. The van der Waals surface area contributed by atoms with Crippen LogP contribution in [0.25, 0.3) is 22.2 Å². The van der Waals surface area contributed by atoms with E-state index in [1.807, 2.05) is 42.5 Å². The van der Waals surface area contributed by atoms with Crippen LogP contribution in [0.5, 0.6) is 0 Å². The maximum atomic E-state index is 12.7. The summed E-state index contributed by atoms with van der Waals surface area (Å²) in [6.07, 6.45) is 7.28. The van der Waals surface area contributed by atoms with Gasteiger partial charge < -0.3 is 20.3 Å². The second-order valence-electron chi connectivity index (χ2n) is 10.2. The predicted octanol–water partition coefficient (Wildman–Crippen LogP) is 7.51. The molecule has 0 bridgehead atoms. The Labute approximate surface area is 233 Å². The van der Waals surface area contributed by atoms with E-state index in [1.54, 1.807) is 18.2 Å². The van der Waals surface area contributed by atoms with Crippen molar-refractivity contribution >= 4 is 40.3 Å². The van der Waals surface area contributed by atoms with Gasteiger partial charge in [-0.25, -0.2) is 14.6 Å². The quantitative estimate of drug-likeness (QED) is 0.214. The molecule has 39 heavy (non-hydrogen) atoms. The maximum Gasteiger partial charge on any atom is 0.336 e. The summed E-state index contributed by atoms with van der Waals surface area (Å²) >= 11 is 6.66. The summed E-state index contributed by atoms with van der Waals surface area (Å²) in [5.74, 6) is -0.0176. The van der Waals surface area contributed by atoms with E-state index in [0.717, 1.165) is 61.0 Å². The lowest BCUT2D eigenvalue weighted by atomic mass is 9.96. The Morgan fingerprint density at radius 2 is 1.79 bits per heavy atom. The average Bonchev–Trinajstić information content (AvgIpc) is 3.27. The van der Waals surface area contributed by atoms with Gasteiger partial charge in [0.15, 0.2) is 0 Å². The number of rotatable bonds is 8. The molecular formula is C31H33ClN4O3. The van der Waals surface area contributed by atoms with Crippen molar-refractivity contribution in [2.24, 2.45) is 0 Å². The van der Waals surface area contributed by atoms with Crippen molar-refractivity contribution in [1.82, 2.24) is 14.9 Å². The van der Waals surface area contributed by atoms with E-state index >= 15 is 0 Å². The lowest BCUT2D eigenvalue weighted by Gasteiger charge is -2.22. The number of carboxylic acid groups (broad SMARTS) is 1. The number of carboxylic acids is 1. The van der Waals surface area contributed by atoms with E-state index in [0.29, 0.717) is 28.3 Å². The molecule has 0 aliphatic heterocycles. The Hall–Kier alpha value is -3.84. The largest absolute Gasteiger partial charge is 0.478 e. The van der Waals surface area contributed by atoms with Crippen molar-refractivity contribution in [3.63, 3.8) is 0 Å². The zero-order chi connectivity index (χ0) is 27.4. The number of aromatic carboxylic acids is 1. The maximum absolute atomic E-state index is 12.7. The highest BCUT2D eigenvalue weighted by Crippen LogP contribution is 2.31. The Bertz CT molecular complexity index is 1490. The first kappa shape index (κ1) is 26.8. The third-order valence-corrected chi connectivity index (χ3v) is 7.61. The number of aromatic nitrogens is 2. The standard InChI is InChI=1S/C31H33ClN4O3/c1-2-8-28-35-29-26(32)17-23(34-31(39)33-22-9-4-3-5-10-22)18-27(29)36(28)19-20-13-15-21(16-14-20)24-11-6-7-12-25(24)30(37)38/h6-7,11-18,22H,2-5,8-10,19H2,1H3,(H,37,38)(H2,33,34,39). The van der Waals surface area contributed by atoms with Crippen LogP contribution in [0.15, 0.2) is 60.7 Å². The molecule has 202 valence electrons. The number of hydrogen-bond donors (Lipinski definition) is 3. The van der Waals surface area contributed by atoms with Crippen molar-refractivity contribution < 1.29 is 14.7 Å². The minimum Gasteiger partial charge on any atom is -0.478 e. The SMILES string of the molecule is CCCc1nc2c(Cl)cc(NC(=O)NC3CCCCC3)cc2n1Cc1ccc(-c2ccccc2C(=O)O)cc1. The number of carbonyl (C=O) groups is 2. The number of carbonyl (C=O) groups excluding carboxylic acids is 1. The molecule has 1 heterocycles. The Balaban J connectivity index is 1.42. The molecule has 1 fully saturated rings. The number of halogens is 1. The summed E-state index contributed by atoms with van der Waals surface area (Å²) < 4.78 is 2.15. The van der Waals surface area contributed by atoms with Gasteiger partial charge in [-0.05, 0) is 54.2 Å². The molecule has 1 saturated carbocycles. The van der Waals surface area contributed by atoms with Crippen LogP contribution in [0.3, 0.4) is 0 Å². The first-order valence-corrected chi connectivity index (χ1v) is 14.0. The van der Waals surface area contributed by atoms with Crippen molar-refractivity contribution in [3.8, 4) is 11.1 Å². The molecule has 0 radical (unpaired) electrons. The van der Waals surface area contributed by atoms with Crippen LogP contribution in [0.1, 0.15) is 67.2 Å². The zero-order valence-corrected chi connectivity index (χ0v) is 22.8. The fraction of sp³-hybridized carbons (Fsp3) is 0.323. The Kier molecular flexibility index (Phi) is 8.17. The molecule has 4 aromatic rings. The van der Waals surface area contributed by atoms with Crippen LogP contribution >= 0.6 is 11.6 Å². The minimum atomic E-state index is -0.947. The number of fused-ring (bicyclic) bond motifs is 1. The first-order valence-electron chi connectivity index (χ1n) is 13.6. The van der Waals surface area contributed by atoms with Gasteiger partial charge in [0.2, 0.25) is 0 Å². The molecule has 0 unspecified atom stereocenters. The van der Waals surface area contributed by atoms with Gasteiger partial charge in [-0.3, -0.25) is 0 Å². The number of amides is 2. The first-order chi connectivity index (χ1) is 18.9. The fourth-order valence-corrected chi connectivity index (χ4v) is 5.64. The van der Waals surface area contributed by atoms with Crippen molar-refractivity contribution in [2.45, 2.75) is 64.5 Å². The Morgan fingerprint density at radius 3 is 2.51 bits per heavy atom. The molecule has 1 aliphatic rings. The summed E-state index contributed by atoms with van der Waals surface area (Å²) in [5.41, 5.74) is 5.06. The number of nitrogens with one attached hydrogen (secondary N) is 2. The van der Waals surface area contributed by atoms with Gasteiger partial charge in [-0.2, -0.15) is 0 Å².